The molecule has 0 unspecified atom stereocenters. The highest BCUT2D eigenvalue weighted by Crippen LogP contribution is 2.31. The molecular weight excluding hydrogens is 343 g/mol. The van der Waals surface area contributed by atoms with Crippen LogP contribution in [0.4, 0.5) is 18.9 Å². The van der Waals surface area contributed by atoms with Crippen molar-refractivity contribution in [2.24, 2.45) is 0 Å². The number of amides is 1. The van der Waals surface area contributed by atoms with E-state index in [1.165, 1.54) is 6.08 Å². The minimum absolute atomic E-state index is 0.158. The summed E-state index contributed by atoms with van der Waals surface area (Å²) in [4.78, 5) is 13.0. The van der Waals surface area contributed by atoms with E-state index in [0.29, 0.717) is 0 Å². The molecule has 0 N–H and O–H groups in total. The number of nitrogens with zero attached hydrogens (tertiary/aromatic N) is 1. The molecular formula is C13H11ClF3NO3S. The Bertz CT molecular complexity index is 698. The molecule has 0 fully saturated rings. The van der Waals surface area contributed by atoms with Crippen LogP contribution in [0.3, 0.4) is 0 Å². The second-order valence-corrected chi connectivity index (χ2v) is 6.87. The van der Waals surface area contributed by atoms with Crippen molar-refractivity contribution in [1.82, 2.24) is 0 Å². The lowest BCUT2D eigenvalue weighted by Gasteiger charge is -2.27. The van der Waals surface area contributed by atoms with Gasteiger partial charge in [0.05, 0.1) is 17.4 Å². The normalized spacial score (nSPS) is 20.1. The highest BCUT2D eigenvalue weighted by molar-refractivity contribution is 7.94. The number of anilines is 1. The van der Waals surface area contributed by atoms with Crippen LogP contribution in [-0.4, -0.2) is 32.0 Å². The van der Waals surface area contributed by atoms with Gasteiger partial charge in [-0.05, 0) is 30.3 Å². The number of carbonyl (C=O) groups excluding carboxylic acids is 1. The van der Waals surface area contributed by atoms with Crippen LogP contribution >= 0.6 is 11.6 Å². The maximum absolute atomic E-state index is 12.6. The first-order valence-corrected chi connectivity index (χ1v) is 8.35. The number of halogens is 4. The zero-order valence-electron chi connectivity index (χ0n) is 11.0. The van der Waals surface area contributed by atoms with Gasteiger partial charge in [-0.15, -0.1) is 11.6 Å². The average molecular weight is 354 g/mol. The summed E-state index contributed by atoms with van der Waals surface area (Å²) in [5.41, 5.74) is -0.700. The number of benzene rings is 1. The Hall–Kier alpha value is -1.54. The van der Waals surface area contributed by atoms with E-state index in [-0.39, 0.29) is 11.4 Å². The van der Waals surface area contributed by atoms with Crippen LogP contribution in [0, 0.1) is 0 Å². The molecule has 1 aliphatic rings. The van der Waals surface area contributed by atoms with Crippen LogP contribution in [0.25, 0.3) is 0 Å². The smallest absolute Gasteiger partial charge is 0.303 e. The average Bonchev–Trinajstić information content (AvgIpc) is 2.78. The summed E-state index contributed by atoms with van der Waals surface area (Å²) in [6.45, 7) is 0. The standard InChI is InChI=1S/C13H11ClF3NO3S/c14-7-12(19)18(11-5-6-22(20,21)8-11)10-3-1-9(2-4-10)13(15,16)17/h1-6,11H,7-8H2/t11-/m1/s1. The molecule has 0 bridgehead atoms. The third kappa shape index (κ3) is 3.61. The number of hydrogen-bond acceptors (Lipinski definition) is 3. The summed E-state index contributed by atoms with van der Waals surface area (Å²) in [6.07, 6.45) is -3.17. The van der Waals surface area contributed by atoms with Crippen LogP contribution < -0.4 is 4.90 Å². The fourth-order valence-corrected chi connectivity index (χ4v) is 3.51. The van der Waals surface area contributed by atoms with Crippen molar-refractivity contribution in [2.75, 3.05) is 16.5 Å². The van der Waals surface area contributed by atoms with Gasteiger partial charge in [0.15, 0.2) is 9.84 Å². The predicted octanol–water partition coefficient (Wildman–Crippen LogP) is 2.59. The summed E-state index contributed by atoms with van der Waals surface area (Å²) in [6, 6.07) is 3.11. The van der Waals surface area contributed by atoms with Gasteiger partial charge in [0.25, 0.3) is 0 Å². The first-order valence-electron chi connectivity index (χ1n) is 6.10. The quantitative estimate of drug-likeness (QED) is 0.785. The maximum Gasteiger partial charge on any atom is 0.416 e. The van der Waals surface area contributed by atoms with Crippen molar-refractivity contribution < 1.29 is 26.4 Å². The van der Waals surface area contributed by atoms with Crippen molar-refractivity contribution in [3.63, 3.8) is 0 Å². The van der Waals surface area contributed by atoms with E-state index in [2.05, 4.69) is 0 Å². The fourth-order valence-electron chi connectivity index (χ4n) is 2.12. The molecule has 0 radical (unpaired) electrons. The molecule has 0 aliphatic carbocycles. The Labute approximate surface area is 130 Å². The van der Waals surface area contributed by atoms with E-state index in [1.54, 1.807) is 0 Å². The van der Waals surface area contributed by atoms with Crippen LogP contribution in [0.2, 0.25) is 0 Å². The van der Waals surface area contributed by atoms with E-state index in [0.717, 1.165) is 34.6 Å². The molecule has 0 aromatic heterocycles. The molecule has 1 amide bonds. The van der Waals surface area contributed by atoms with Gasteiger partial charge in [-0.3, -0.25) is 4.79 Å². The first kappa shape index (κ1) is 16.8. The molecule has 1 aliphatic heterocycles. The van der Waals surface area contributed by atoms with E-state index in [9.17, 15) is 26.4 Å². The highest BCUT2D eigenvalue weighted by Gasteiger charge is 2.33. The predicted molar refractivity (Wildman–Crippen MR) is 76.4 cm³/mol. The molecule has 1 heterocycles. The van der Waals surface area contributed by atoms with Gasteiger partial charge < -0.3 is 4.90 Å². The second kappa shape index (κ2) is 5.92. The van der Waals surface area contributed by atoms with Crippen molar-refractivity contribution in [3.05, 3.63) is 41.3 Å². The molecule has 0 saturated carbocycles. The van der Waals surface area contributed by atoms with Crippen molar-refractivity contribution in [2.45, 2.75) is 12.2 Å². The fraction of sp³-hybridized carbons (Fsp3) is 0.308. The molecule has 0 spiro atoms. The molecule has 1 aromatic rings. The second-order valence-electron chi connectivity index (χ2n) is 4.67. The summed E-state index contributed by atoms with van der Waals surface area (Å²) in [5, 5.41) is 0.982. The maximum atomic E-state index is 12.6. The third-order valence-corrected chi connectivity index (χ3v) is 4.71. The Morgan fingerprint density at radius 2 is 1.86 bits per heavy atom. The monoisotopic (exact) mass is 353 g/mol. The van der Waals surface area contributed by atoms with Gasteiger partial charge in [-0.2, -0.15) is 13.2 Å². The largest absolute Gasteiger partial charge is 0.416 e. The SMILES string of the molecule is O=C(CCl)N(c1ccc(C(F)(F)F)cc1)[C@@H]1C=CS(=O)(=O)C1. The van der Waals surface area contributed by atoms with Gasteiger partial charge in [0, 0.05) is 11.1 Å². The van der Waals surface area contributed by atoms with E-state index in [4.69, 9.17) is 11.6 Å². The number of alkyl halides is 4. The lowest BCUT2D eigenvalue weighted by molar-refractivity contribution is -0.137. The van der Waals surface area contributed by atoms with Gasteiger partial charge in [-0.25, -0.2) is 8.42 Å². The zero-order valence-corrected chi connectivity index (χ0v) is 12.6. The molecule has 1 aromatic carbocycles. The Morgan fingerprint density at radius 1 is 1.27 bits per heavy atom. The van der Waals surface area contributed by atoms with Gasteiger partial charge in [0.2, 0.25) is 5.91 Å². The van der Waals surface area contributed by atoms with Crippen LogP contribution in [0.15, 0.2) is 35.7 Å². The van der Waals surface area contributed by atoms with E-state index in [1.807, 2.05) is 0 Å². The van der Waals surface area contributed by atoms with Crippen LogP contribution in [0.5, 0.6) is 0 Å². The zero-order chi connectivity index (χ0) is 16.5. The first-order chi connectivity index (χ1) is 10.1. The molecule has 120 valence electrons. The lowest BCUT2D eigenvalue weighted by atomic mass is 10.1. The van der Waals surface area contributed by atoms with Crippen molar-refractivity contribution >= 4 is 33.0 Å². The number of carbonyl (C=O) groups is 1. The Morgan fingerprint density at radius 3 is 2.27 bits per heavy atom. The van der Waals surface area contributed by atoms with E-state index < -0.39 is 39.4 Å². The number of hydrogen-bond donors (Lipinski definition) is 0. The third-order valence-electron chi connectivity index (χ3n) is 3.10. The molecule has 2 rings (SSSR count). The van der Waals surface area contributed by atoms with Gasteiger partial charge in [0.1, 0.15) is 5.88 Å². The number of sulfone groups is 1. The van der Waals surface area contributed by atoms with Crippen LogP contribution in [0.1, 0.15) is 5.56 Å². The van der Waals surface area contributed by atoms with Crippen molar-refractivity contribution in [3.8, 4) is 0 Å². The highest BCUT2D eigenvalue weighted by atomic mass is 35.5. The Kier molecular flexibility index (Phi) is 4.53. The lowest BCUT2D eigenvalue weighted by Crippen LogP contribution is -2.42. The summed E-state index contributed by atoms with van der Waals surface area (Å²) in [7, 11) is -3.42. The minimum Gasteiger partial charge on any atom is -0.303 e. The van der Waals surface area contributed by atoms with Gasteiger partial charge in [-0.1, -0.05) is 0 Å². The summed E-state index contributed by atoms with van der Waals surface area (Å²) >= 11 is 5.51. The molecule has 9 heteroatoms. The molecule has 4 nitrogen and oxygen atoms in total. The molecule has 0 saturated heterocycles. The molecule has 1 atom stereocenters. The van der Waals surface area contributed by atoms with Gasteiger partial charge >= 0.3 is 6.18 Å². The molecule has 22 heavy (non-hydrogen) atoms. The topological polar surface area (TPSA) is 54.5 Å². The Balaban J connectivity index is 2.35. The van der Waals surface area contributed by atoms with Crippen LogP contribution in [-0.2, 0) is 20.8 Å². The minimum atomic E-state index is -4.49. The van der Waals surface area contributed by atoms with Crippen molar-refractivity contribution in [1.29, 1.82) is 0 Å². The summed E-state index contributed by atoms with van der Waals surface area (Å²) < 4.78 is 60.6. The number of rotatable bonds is 3. The summed E-state index contributed by atoms with van der Waals surface area (Å²) in [5.74, 6) is -1.32. The van der Waals surface area contributed by atoms with E-state index >= 15 is 0 Å².